The second-order valence-corrected chi connectivity index (χ2v) is 14.8. The topological polar surface area (TPSA) is 19.7 Å². The summed E-state index contributed by atoms with van der Waals surface area (Å²) in [5.74, 6) is 0.711. The molecule has 264 valence electrons. The smallest absolute Gasteiger partial charge is 0.241 e. The Morgan fingerprint density at radius 3 is 1.26 bits per heavy atom. The molecule has 2 nitrogen and oxygen atoms in total. The highest BCUT2D eigenvalue weighted by atomic mass is 15.1. The minimum absolute atomic E-state index is 0.603. The standard InChI is InChI=1S/C44H78N2/c1-3-5-7-9-11-13-15-17-19-21-23-25-27-32-36-43(40-42-34-30-29-31-35-42)44(46-39-38-45-41-46)37-33-28-26-24-22-20-18-16-14-12-10-8-6-4-2/h29-31,34-35,38-39,41,43-44H,3-28,32-33,36-37,40H2,1-2H3/p+1. The summed E-state index contributed by atoms with van der Waals surface area (Å²) >= 11 is 0. The molecule has 1 aromatic heterocycles. The van der Waals surface area contributed by atoms with E-state index >= 15 is 0 Å². The first-order valence-corrected chi connectivity index (χ1v) is 20.9. The number of rotatable bonds is 34. The van der Waals surface area contributed by atoms with Gasteiger partial charge < -0.3 is 0 Å². The molecular formula is C44H79N2+. The lowest BCUT2D eigenvalue weighted by molar-refractivity contribution is -0.730. The van der Waals surface area contributed by atoms with E-state index in [2.05, 4.69) is 72.5 Å². The van der Waals surface area contributed by atoms with Gasteiger partial charge in [0.15, 0.2) is 0 Å². The number of aromatic nitrogens is 2. The van der Waals surface area contributed by atoms with E-state index in [1.165, 1.54) is 205 Å². The Labute approximate surface area is 288 Å². The summed E-state index contributed by atoms with van der Waals surface area (Å²) in [6, 6.07) is 11.9. The van der Waals surface area contributed by atoms with Gasteiger partial charge in [-0.05, 0) is 31.2 Å². The Hall–Kier alpha value is -1.57. The van der Waals surface area contributed by atoms with Crippen LogP contribution >= 0.6 is 0 Å². The first-order chi connectivity index (χ1) is 22.8. The maximum absolute atomic E-state index is 3.36. The van der Waals surface area contributed by atoms with Gasteiger partial charge in [0, 0.05) is 5.92 Å². The summed E-state index contributed by atoms with van der Waals surface area (Å²) in [6.07, 6.45) is 50.7. The third-order valence-electron chi connectivity index (χ3n) is 10.6. The van der Waals surface area contributed by atoms with Gasteiger partial charge in [0.1, 0.15) is 18.4 Å². The maximum atomic E-state index is 3.36. The average molecular weight is 636 g/mol. The van der Waals surface area contributed by atoms with Crippen LogP contribution < -0.4 is 4.57 Å². The quantitative estimate of drug-likeness (QED) is 0.0583. The van der Waals surface area contributed by atoms with Crippen molar-refractivity contribution in [2.45, 2.75) is 219 Å². The Balaban J connectivity index is 1.65. The van der Waals surface area contributed by atoms with Crippen LogP contribution in [0.25, 0.3) is 0 Å². The number of nitrogens with zero attached hydrogens (tertiary/aromatic N) is 1. The molecule has 2 atom stereocenters. The van der Waals surface area contributed by atoms with Crippen LogP contribution in [0.4, 0.5) is 0 Å². The zero-order chi connectivity index (χ0) is 32.6. The van der Waals surface area contributed by atoms with Crippen molar-refractivity contribution in [1.29, 1.82) is 0 Å². The molecule has 2 heteroatoms. The molecule has 2 rings (SSSR count). The van der Waals surface area contributed by atoms with Gasteiger partial charge in [0.05, 0.1) is 0 Å². The highest BCUT2D eigenvalue weighted by molar-refractivity contribution is 5.15. The summed E-state index contributed by atoms with van der Waals surface area (Å²) in [7, 11) is 0. The van der Waals surface area contributed by atoms with Gasteiger partial charge in [-0.25, -0.2) is 4.57 Å². The van der Waals surface area contributed by atoms with Crippen molar-refractivity contribution < 1.29 is 4.57 Å². The highest BCUT2D eigenvalue weighted by Gasteiger charge is 2.26. The van der Waals surface area contributed by atoms with Gasteiger partial charge in [-0.3, -0.25) is 4.98 Å². The molecule has 0 radical (unpaired) electrons. The number of hydrogen-bond donors (Lipinski definition) is 1. The third-order valence-corrected chi connectivity index (χ3v) is 10.6. The molecule has 2 aromatic rings. The third kappa shape index (κ3) is 22.1. The molecular weight excluding hydrogens is 556 g/mol. The van der Waals surface area contributed by atoms with Gasteiger partial charge in [-0.15, -0.1) is 0 Å². The van der Waals surface area contributed by atoms with Gasteiger partial charge in [-0.1, -0.05) is 218 Å². The highest BCUT2D eigenvalue weighted by Crippen LogP contribution is 2.29. The molecule has 1 N–H and O–H groups in total. The predicted octanol–water partition coefficient (Wildman–Crippen LogP) is 14.4. The van der Waals surface area contributed by atoms with E-state index in [1.807, 2.05) is 0 Å². The lowest BCUT2D eigenvalue weighted by atomic mass is 9.84. The first kappa shape index (κ1) is 40.6. The lowest BCUT2D eigenvalue weighted by Gasteiger charge is -2.25. The summed E-state index contributed by atoms with van der Waals surface area (Å²) in [5, 5.41) is 0. The van der Waals surface area contributed by atoms with Crippen LogP contribution in [0.5, 0.6) is 0 Å². The summed E-state index contributed by atoms with van der Waals surface area (Å²) in [5.41, 5.74) is 1.51. The van der Waals surface area contributed by atoms with Gasteiger partial charge in [0.2, 0.25) is 6.33 Å². The average Bonchev–Trinajstić information content (AvgIpc) is 3.62. The van der Waals surface area contributed by atoms with Crippen LogP contribution in [0.1, 0.15) is 218 Å². The van der Waals surface area contributed by atoms with E-state index in [-0.39, 0.29) is 0 Å². The van der Waals surface area contributed by atoms with Crippen LogP contribution in [0.3, 0.4) is 0 Å². The number of aromatic amines is 1. The van der Waals surface area contributed by atoms with Crippen molar-refractivity contribution in [1.82, 2.24) is 4.98 Å². The minimum atomic E-state index is 0.603. The number of imidazole rings is 1. The van der Waals surface area contributed by atoms with E-state index in [0.29, 0.717) is 12.0 Å². The van der Waals surface area contributed by atoms with E-state index < -0.39 is 0 Å². The molecule has 0 amide bonds. The fraction of sp³-hybridized carbons (Fsp3) is 0.795. The van der Waals surface area contributed by atoms with Gasteiger partial charge in [0.25, 0.3) is 0 Å². The number of H-pyrrole nitrogens is 1. The molecule has 0 fully saturated rings. The van der Waals surface area contributed by atoms with Crippen molar-refractivity contribution in [3.8, 4) is 0 Å². The van der Waals surface area contributed by atoms with Crippen LogP contribution in [0.2, 0.25) is 0 Å². The molecule has 2 unspecified atom stereocenters. The van der Waals surface area contributed by atoms with E-state index in [4.69, 9.17) is 0 Å². The Morgan fingerprint density at radius 2 is 0.870 bits per heavy atom. The maximum Gasteiger partial charge on any atom is 0.241 e. The normalized spacial score (nSPS) is 12.9. The summed E-state index contributed by atoms with van der Waals surface area (Å²) < 4.78 is 2.51. The van der Waals surface area contributed by atoms with E-state index in [9.17, 15) is 0 Å². The molecule has 0 aliphatic carbocycles. The zero-order valence-electron chi connectivity index (χ0n) is 31.1. The molecule has 1 aromatic carbocycles. The van der Waals surface area contributed by atoms with Crippen molar-refractivity contribution >= 4 is 0 Å². The monoisotopic (exact) mass is 636 g/mol. The largest absolute Gasteiger partial charge is 0.250 e. The number of nitrogens with one attached hydrogen (secondary N) is 1. The molecule has 0 saturated carbocycles. The van der Waals surface area contributed by atoms with Crippen LogP contribution in [0.15, 0.2) is 49.1 Å². The second kappa shape index (κ2) is 30.7. The number of unbranched alkanes of at least 4 members (excludes halogenated alkanes) is 26. The Morgan fingerprint density at radius 1 is 0.478 bits per heavy atom. The summed E-state index contributed by atoms with van der Waals surface area (Å²) in [4.78, 5) is 3.36. The molecule has 0 bridgehead atoms. The Kier molecular flexibility index (Phi) is 27.1. The molecule has 1 heterocycles. The minimum Gasteiger partial charge on any atom is -0.250 e. The van der Waals surface area contributed by atoms with Crippen LogP contribution in [-0.2, 0) is 6.42 Å². The lowest BCUT2D eigenvalue weighted by Crippen LogP contribution is -2.42. The second-order valence-electron chi connectivity index (χ2n) is 14.8. The number of benzene rings is 1. The molecule has 0 spiro atoms. The molecule has 0 aliphatic rings. The van der Waals surface area contributed by atoms with Gasteiger partial charge >= 0.3 is 0 Å². The van der Waals surface area contributed by atoms with Crippen molar-refractivity contribution in [3.63, 3.8) is 0 Å². The molecule has 46 heavy (non-hydrogen) atoms. The van der Waals surface area contributed by atoms with E-state index in [0.717, 1.165) is 0 Å². The van der Waals surface area contributed by atoms with Crippen LogP contribution in [0, 0.1) is 5.92 Å². The zero-order valence-corrected chi connectivity index (χ0v) is 31.1. The van der Waals surface area contributed by atoms with Gasteiger partial charge in [-0.2, -0.15) is 0 Å². The molecule has 0 aliphatic heterocycles. The Bertz CT molecular complexity index is 844. The van der Waals surface area contributed by atoms with E-state index in [1.54, 1.807) is 0 Å². The number of hydrogen-bond acceptors (Lipinski definition) is 0. The molecule has 0 saturated heterocycles. The fourth-order valence-corrected chi connectivity index (χ4v) is 7.63. The first-order valence-electron chi connectivity index (χ1n) is 20.9. The van der Waals surface area contributed by atoms with Crippen molar-refractivity contribution in [2.75, 3.05) is 0 Å². The fourth-order valence-electron chi connectivity index (χ4n) is 7.63. The van der Waals surface area contributed by atoms with Crippen LogP contribution in [-0.4, -0.2) is 4.98 Å². The van der Waals surface area contributed by atoms with Crippen molar-refractivity contribution in [3.05, 3.63) is 54.6 Å². The summed E-state index contributed by atoms with van der Waals surface area (Å²) in [6.45, 7) is 4.62. The van der Waals surface area contributed by atoms with Crippen molar-refractivity contribution in [2.24, 2.45) is 5.92 Å². The SMILES string of the molecule is CCCCCCCCCCCCCCCCC(Cc1ccccc1)C(CCCCCCCCCCCCCCCC)[n+]1cc[nH]c1. The predicted molar refractivity (Wildman–Crippen MR) is 204 cm³/mol.